The van der Waals surface area contributed by atoms with Crippen molar-refractivity contribution in [2.75, 3.05) is 18.4 Å². The predicted molar refractivity (Wildman–Crippen MR) is 164 cm³/mol. The topological polar surface area (TPSA) is 87.1 Å². The molecule has 3 aromatic carbocycles. The molecule has 2 heterocycles. The van der Waals surface area contributed by atoms with Gasteiger partial charge in [0.15, 0.2) is 0 Å². The lowest BCUT2D eigenvalue weighted by Crippen LogP contribution is -2.14. The van der Waals surface area contributed by atoms with E-state index in [1.165, 1.54) is 18.4 Å². The molecule has 6 nitrogen and oxygen atoms in total. The van der Waals surface area contributed by atoms with E-state index < -0.39 is 5.97 Å². The standard InChI is InChI=1S/C33H33ClN4O2/c34-30-19-23(11-13-26(30)24-9-5-4-6-10-24)21-35-16-7-2-1-3-8-17-37-32-28-15-18-36-22-29(28)27-14-12-25(33(39)40)20-31(27)38-32/h4-6,9-15,18-20,22,35H,1-3,7-8,16-17,21H2,(H,37,38)(H,39,40). The van der Waals surface area contributed by atoms with Gasteiger partial charge in [0, 0.05) is 52.2 Å². The second-order valence-corrected chi connectivity index (χ2v) is 10.4. The summed E-state index contributed by atoms with van der Waals surface area (Å²) in [6.07, 6.45) is 9.25. The Morgan fingerprint density at radius 3 is 2.42 bits per heavy atom. The first-order valence-corrected chi connectivity index (χ1v) is 14.2. The average molecular weight is 553 g/mol. The van der Waals surface area contributed by atoms with E-state index in [4.69, 9.17) is 16.6 Å². The van der Waals surface area contributed by atoms with Gasteiger partial charge in [0.2, 0.25) is 0 Å². The summed E-state index contributed by atoms with van der Waals surface area (Å²) in [4.78, 5) is 20.4. The number of anilines is 1. The van der Waals surface area contributed by atoms with Gasteiger partial charge in [-0.3, -0.25) is 4.98 Å². The van der Waals surface area contributed by atoms with Crippen molar-refractivity contribution in [2.45, 2.75) is 38.6 Å². The quantitative estimate of drug-likeness (QED) is 0.101. The molecule has 7 heteroatoms. The summed E-state index contributed by atoms with van der Waals surface area (Å²) in [5, 5.41) is 20.0. The maximum absolute atomic E-state index is 11.4. The number of fused-ring (bicyclic) bond motifs is 3. The number of nitrogens with one attached hydrogen (secondary N) is 2. The minimum Gasteiger partial charge on any atom is -0.478 e. The minimum atomic E-state index is -0.957. The van der Waals surface area contributed by atoms with Crippen LogP contribution in [0.25, 0.3) is 32.8 Å². The number of unbranched alkanes of at least 4 members (excludes halogenated alkanes) is 4. The molecule has 0 spiro atoms. The minimum absolute atomic E-state index is 0.230. The monoisotopic (exact) mass is 552 g/mol. The molecule has 0 aliphatic heterocycles. The summed E-state index contributed by atoms with van der Waals surface area (Å²) in [5.74, 6) is -0.185. The van der Waals surface area contributed by atoms with Crippen molar-refractivity contribution in [1.29, 1.82) is 0 Å². The van der Waals surface area contributed by atoms with Crippen LogP contribution in [0.15, 0.2) is 85.2 Å². The molecule has 5 rings (SSSR count). The fourth-order valence-corrected chi connectivity index (χ4v) is 5.29. The number of benzene rings is 3. The summed E-state index contributed by atoms with van der Waals surface area (Å²) in [6.45, 7) is 2.61. The normalized spacial score (nSPS) is 11.2. The molecule has 204 valence electrons. The summed E-state index contributed by atoms with van der Waals surface area (Å²) < 4.78 is 0. The molecule has 0 aliphatic carbocycles. The van der Waals surface area contributed by atoms with Crippen molar-refractivity contribution in [3.8, 4) is 11.1 Å². The van der Waals surface area contributed by atoms with Gasteiger partial charge in [0.1, 0.15) is 5.82 Å². The first kappa shape index (κ1) is 27.6. The number of pyridine rings is 2. The van der Waals surface area contributed by atoms with Gasteiger partial charge >= 0.3 is 5.97 Å². The van der Waals surface area contributed by atoms with Crippen molar-refractivity contribution in [3.63, 3.8) is 0 Å². The van der Waals surface area contributed by atoms with Gasteiger partial charge in [-0.1, -0.05) is 79.4 Å². The molecular formula is C33H33ClN4O2. The van der Waals surface area contributed by atoms with E-state index in [9.17, 15) is 9.90 Å². The van der Waals surface area contributed by atoms with E-state index in [0.717, 1.165) is 77.0 Å². The number of hydrogen-bond acceptors (Lipinski definition) is 5. The molecule has 0 bridgehead atoms. The SMILES string of the molecule is O=C(O)c1ccc2c(c1)nc(NCCCCCCCNCc1ccc(-c3ccccc3)c(Cl)c1)c1ccncc12. The van der Waals surface area contributed by atoms with Crippen molar-refractivity contribution in [3.05, 3.63) is 101 Å². The highest BCUT2D eigenvalue weighted by Crippen LogP contribution is 2.30. The Morgan fingerprint density at radius 2 is 1.62 bits per heavy atom. The van der Waals surface area contributed by atoms with E-state index in [1.807, 2.05) is 36.5 Å². The molecule has 0 fully saturated rings. The molecule has 0 radical (unpaired) electrons. The Morgan fingerprint density at radius 1 is 0.825 bits per heavy atom. The van der Waals surface area contributed by atoms with Gasteiger partial charge in [-0.2, -0.15) is 0 Å². The lowest BCUT2D eigenvalue weighted by Gasteiger charge is -2.12. The van der Waals surface area contributed by atoms with Crippen LogP contribution in [-0.4, -0.2) is 34.1 Å². The fraction of sp³-hybridized carbons (Fsp3) is 0.242. The molecule has 3 N–H and O–H groups in total. The maximum Gasteiger partial charge on any atom is 0.335 e. The molecule has 0 saturated heterocycles. The molecule has 2 aromatic heterocycles. The van der Waals surface area contributed by atoms with E-state index >= 15 is 0 Å². The van der Waals surface area contributed by atoms with Crippen molar-refractivity contribution >= 4 is 45.1 Å². The summed E-state index contributed by atoms with van der Waals surface area (Å²) in [7, 11) is 0. The Balaban J connectivity index is 1.02. The van der Waals surface area contributed by atoms with Crippen LogP contribution in [0.1, 0.15) is 48.0 Å². The third-order valence-electron chi connectivity index (χ3n) is 7.11. The second kappa shape index (κ2) is 13.4. The van der Waals surface area contributed by atoms with E-state index in [2.05, 4.69) is 45.9 Å². The zero-order valence-electron chi connectivity index (χ0n) is 22.4. The molecule has 40 heavy (non-hydrogen) atoms. The van der Waals surface area contributed by atoms with Gasteiger partial charge < -0.3 is 15.7 Å². The molecule has 0 aliphatic rings. The molecule has 0 atom stereocenters. The number of rotatable bonds is 13. The fourth-order valence-electron chi connectivity index (χ4n) is 4.98. The average Bonchev–Trinajstić information content (AvgIpc) is 2.98. The van der Waals surface area contributed by atoms with Crippen LogP contribution in [0.2, 0.25) is 5.02 Å². The van der Waals surface area contributed by atoms with Crippen molar-refractivity contribution in [2.24, 2.45) is 0 Å². The van der Waals surface area contributed by atoms with Gasteiger partial charge in [-0.25, -0.2) is 9.78 Å². The van der Waals surface area contributed by atoms with Crippen LogP contribution in [0, 0.1) is 0 Å². The molecular weight excluding hydrogens is 520 g/mol. The number of aromatic nitrogens is 2. The lowest BCUT2D eigenvalue weighted by molar-refractivity contribution is 0.0697. The maximum atomic E-state index is 11.4. The summed E-state index contributed by atoms with van der Waals surface area (Å²) in [6, 6.07) is 23.5. The van der Waals surface area contributed by atoms with Gasteiger partial charge in [0.05, 0.1) is 11.1 Å². The largest absolute Gasteiger partial charge is 0.478 e. The second-order valence-electron chi connectivity index (χ2n) is 9.97. The molecule has 0 amide bonds. The van der Waals surface area contributed by atoms with Crippen LogP contribution in [-0.2, 0) is 6.54 Å². The van der Waals surface area contributed by atoms with Gasteiger partial charge in [-0.15, -0.1) is 0 Å². The lowest BCUT2D eigenvalue weighted by atomic mass is 10.0. The number of carboxylic acids is 1. The van der Waals surface area contributed by atoms with E-state index in [0.29, 0.717) is 5.52 Å². The zero-order valence-corrected chi connectivity index (χ0v) is 23.1. The van der Waals surface area contributed by atoms with Crippen LogP contribution < -0.4 is 10.6 Å². The summed E-state index contributed by atoms with van der Waals surface area (Å²) in [5.41, 5.74) is 4.28. The van der Waals surface area contributed by atoms with Crippen molar-refractivity contribution < 1.29 is 9.90 Å². The highest BCUT2D eigenvalue weighted by Gasteiger charge is 2.11. The third kappa shape index (κ3) is 6.76. The van der Waals surface area contributed by atoms with Crippen LogP contribution in [0.5, 0.6) is 0 Å². The van der Waals surface area contributed by atoms with E-state index in [1.54, 1.807) is 18.3 Å². The highest BCUT2D eigenvalue weighted by molar-refractivity contribution is 6.33. The number of carbonyl (C=O) groups is 1. The Kier molecular flexibility index (Phi) is 9.22. The van der Waals surface area contributed by atoms with Crippen LogP contribution in [0.4, 0.5) is 5.82 Å². The number of hydrogen-bond donors (Lipinski definition) is 3. The molecule has 0 saturated carbocycles. The first-order chi connectivity index (χ1) is 19.6. The smallest absolute Gasteiger partial charge is 0.335 e. The number of carboxylic acid groups (broad SMARTS) is 1. The molecule has 0 unspecified atom stereocenters. The van der Waals surface area contributed by atoms with Crippen molar-refractivity contribution in [1.82, 2.24) is 15.3 Å². The number of nitrogens with zero attached hydrogens (tertiary/aromatic N) is 2. The predicted octanol–water partition coefficient (Wildman–Crippen LogP) is 7.95. The first-order valence-electron chi connectivity index (χ1n) is 13.8. The Labute approximate surface area is 239 Å². The third-order valence-corrected chi connectivity index (χ3v) is 7.43. The Bertz CT molecular complexity index is 1610. The zero-order chi connectivity index (χ0) is 27.7. The van der Waals surface area contributed by atoms with Gasteiger partial charge in [0.25, 0.3) is 0 Å². The Hall–Kier alpha value is -4.00. The number of halogens is 1. The summed E-state index contributed by atoms with van der Waals surface area (Å²) >= 11 is 6.54. The van der Waals surface area contributed by atoms with Crippen LogP contribution >= 0.6 is 11.6 Å². The van der Waals surface area contributed by atoms with Gasteiger partial charge in [-0.05, 0) is 54.8 Å². The molecule has 5 aromatic rings. The van der Waals surface area contributed by atoms with E-state index in [-0.39, 0.29) is 5.56 Å². The highest BCUT2D eigenvalue weighted by atomic mass is 35.5. The number of aromatic carboxylic acids is 1. The van der Waals surface area contributed by atoms with Crippen LogP contribution in [0.3, 0.4) is 0 Å².